The normalized spacial score (nSPS) is 10.6. The monoisotopic (exact) mass is 306 g/mol. The summed E-state index contributed by atoms with van der Waals surface area (Å²) >= 11 is 1.21. The highest BCUT2D eigenvalue weighted by Crippen LogP contribution is 2.23. The molecule has 6 heteroatoms. The van der Waals surface area contributed by atoms with Crippen LogP contribution in [0.1, 0.15) is 27.3 Å². The standard InChI is InChI=1S/C15H18N2O3S/c1-3-17(11-7-5-4-6-8-11)9-13-16-12(10-20-2)14(21-13)15(18)19/h4-8H,3,9-10H2,1-2H3,(H,18,19). The Balaban J connectivity index is 2.22. The van der Waals surface area contributed by atoms with Crippen LogP contribution >= 0.6 is 11.3 Å². The number of carboxylic acid groups (broad SMARTS) is 1. The molecule has 21 heavy (non-hydrogen) atoms. The number of nitrogens with zero attached hydrogens (tertiary/aromatic N) is 2. The van der Waals surface area contributed by atoms with E-state index in [-0.39, 0.29) is 11.5 Å². The summed E-state index contributed by atoms with van der Waals surface area (Å²) in [5.74, 6) is -0.950. The molecule has 0 saturated heterocycles. The van der Waals surface area contributed by atoms with Gasteiger partial charge in [0.25, 0.3) is 0 Å². The summed E-state index contributed by atoms with van der Waals surface area (Å²) in [6.07, 6.45) is 0. The Kier molecular flexibility index (Phi) is 5.30. The van der Waals surface area contributed by atoms with E-state index >= 15 is 0 Å². The third-order valence-electron chi connectivity index (χ3n) is 3.05. The average molecular weight is 306 g/mol. The lowest BCUT2D eigenvalue weighted by Crippen LogP contribution is -2.21. The van der Waals surface area contributed by atoms with Crippen LogP contribution in [-0.4, -0.2) is 29.7 Å². The number of rotatable bonds is 7. The van der Waals surface area contributed by atoms with Crippen molar-refractivity contribution in [3.63, 3.8) is 0 Å². The molecule has 0 aliphatic rings. The Labute approximate surface area is 127 Å². The molecule has 2 rings (SSSR count). The van der Waals surface area contributed by atoms with Gasteiger partial charge in [-0.05, 0) is 19.1 Å². The van der Waals surface area contributed by atoms with Crippen LogP contribution in [0.25, 0.3) is 0 Å². The summed E-state index contributed by atoms with van der Waals surface area (Å²) in [4.78, 5) is 18.1. The molecule has 0 aliphatic carbocycles. The topological polar surface area (TPSA) is 62.7 Å². The first-order chi connectivity index (χ1) is 10.2. The molecule has 0 bridgehead atoms. The van der Waals surface area contributed by atoms with Gasteiger partial charge in [0, 0.05) is 19.3 Å². The first-order valence-corrected chi connectivity index (χ1v) is 7.48. The number of anilines is 1. The molecule has 1 aromatic carbocycles. The number of para-hydroxylation sites is 1. The number of hydrogen-bond donors (Lipinski definition) is 1. The highest BCUT2D eigenvalue weighted by atomic mass is 32.1. The summed E-state index contributed by atoms with van der Waals surface area (Å²) in [6.45, 7) is 3.70. The van der Waals surface area contributed by atoms with E-state index in [1.165, 1.54) is 18.4 Å². The second-order valence-electron chi connectivity index (χ2n) is 4.47. The van der Waals surface area contributed by atoms with Crippen LogP contribution in [0.2, 0.25) is 0 Å². The maximum Gasteiger partial charge on any atom is 0.347 e. The van der Waals surface area contributed by atoms with Crippen molar-refractivity contribution in [3.8, 4) is 0 Å². The molecule has 0 unspecified atom stereocenters. The second-order valence-corrected chi connectivity index (χ2v) is 5.55. The number of ether oxygens (including phenoxy) is 1. The van der Waals surface area contributed by atoms with Gasteiger partial charge >= 0.3 is 5.97 Å². The number of aromatic nitrogens is 1. The summed E-state index contributed by atoms with van der Waals surface area (Å²) in [5, 5.41) is 10.00. The Morgan fingerprint density at radius 3 is 2.67 bits per heavy atom. The molecule has 0 amide bonds. The summed E-state index contributed by atoms with van der Waals surface area (Å²) in [7, 11) is 1.53. The third kappa shape index (κ3) is 3.80. The number of hydrogen-bond acceptors (Lipinski definition) is 5. The van der Waals surface area contributed by atoms with Gasteiger partial charge in [-0.1, -0.05) is 18.2 Å². The number of methoxy groups -OCH3 is 1. The van der Waals surface area contributed by atoms with E-state index in [4.69, 9.17) is 4.74 Å². The molecule has 2 aromatic rings. The molecule has 112 valence electrons. The third-order valence-corrected chi connectivity index (χ3v) is 4.12. The van der Waals surface area contributed by atoms with E-state index in [1.54, 1.807) is 0 Å². The van der Waals surface area contributed by atoms with Crippen molar-refractivity contribution >= 4 is 23.0 Å². The van der Waals surface area contributed by atoms with Crippen LogP contribution in [0.4, 0.5) is 5.69 Å². The van der Waals surface area contributed by atoms with Crippen molar-refractivity contribution < 1.29 is 14.6 Å². The van der Waals surface area contributed by atoms with Crippen LogP contribution in [0.3, 0.4) is 0 Å². The Bertz CT molecular complexity index is 598. The lowest BCUT2D eigenvalue weighted by molar-refractivity contribution is 0.0697. The molecule has 0 atom stereocenters. The van der Waals surface area contributed by atoms with Gasteiger partial charge in [0.15, 0.2) is 0 Å². The lowest BCUT2D eigenvalue weighted by Gasteiger charge is -2.21. The quantitative estimate of drug-likeness (QED) is 0.852. The fraction of sp³-hybridized carbons (Fsp3) is 0.333. The van der Waals surface area contributed by atoms with Gasteiger partial charge in [0.1, 0.15) is 9.88 Å². The fourth-order valence-corrected chi connectivity index (χ4v) is 2.98. The van der Waals surface area contributed by atoms with Crippen molar-refractivity contribution in [2.75, 3.05) is 18.6 Å². The minimum atomic E-state index is -0.950. The summed E-state index contributed by atoms with van der Waals surface area (Å²) < 4.78 is 5.02. The molecule has 0 fully saturated rings. The van der Waals surface area contributed by atoms with Gasteiger partial charge in [-0.2, -0.15) is 0 Å². The molecule has 0 radical (unpaired) electrons. The van der Waals surface area contributed by atoms with Gasteiger partial charge in [0.05, 0.1) is 18.8 Å². The second kappa shape index (κ2) is 7.19. The minimum absolute atomic E-state index is 0.218. The zero-order valence-electron chi connectivity index (χ0n) is 12.1. The molecule has 1 N–H and O–H groups in total. The van der Waals surface area contributed by atoms with Crippen molar-refractivity contribution in [1.29, 1.82) is 0 Å². The van der Waals surface area contributed by atoms with Crippen LogP contribution in [0.15, 0.2) is 30.3 Å². The van der Waals surface area contributed by atoms with E-state index < -0.39 is 5.97 Å². The average Bonchev–Trinajstić information content (AvgIpc) is 2.89. The molecule has 0 saturated carbocycles. The largest absolute Gasteiger partial charge is 0.477 e. The van der Waals surface area contributed by atoms with Crippen LogP contribution in [-0.2, 0) is 17.9 Å². The molecule has 0 spiro atoms. The van der Waals surface area contributed by atoms with Crippen molar-refractivity contribution in [2.24, 2.45) is 0 Å². The van der Waals surface area contributed by atoms with Gasteiger partial charge in [-0.25, -0.2) is 9.78 Å². The molecule has 1 aromatic heterocycles. The Morgan fingerprint density at radius 2 is 2.10 bits per heavy atom. The van der Waals surface area contributed by atoms with E-state index in [2.05, 4.69) is 16.8 Å². The highest BCUT2D eigenvalue weighted by Gasteiger charge is 2.18. The van der Waals surface area contributed by atoms with Gasteiger partial charge < -0.3 is 14.7 Å². The Hall–Kier alpha value is -1.92. The van der Waals surface area contributed by atoms with Crippen molar-refractivity contribution in [3.05, 3.63) is 45.9 Å². The molecule has 5 nitrogen and oxygen atoms in total. The van der Waals surface area contributed by atoms with Crippen LogP contribution < -0.4 is 4.90 Å². The summed E-state index contributed by atoms with van der Waals surface area (Å²) in [6, 6.07) is 10.0. The van der Waals surface area contributed by atoms with Gasteiger partial charge in [-0.15, -0.1) is 11.3 Å². The molecule has 1 heterocycles. The maximum absolute atomic E-state index is 11.2. The van der Waals surface area contributed by atoms with E-state index in [0.717, 1.165) is 17.2 Å². The summed E-state index contributed by atoms with van der Waals surface area (Å²) in [5.41, 5.74) is 1.59. The van der Waals surface area contributed by atoms with Crippen molar-refractivity contribution in [2.45, 2.75) is 20.1 Å². The van der Waals surface area contributed by atoms with E-state index in [0.29, 0.717) is 12.2 Å². The highest BCUT2D eigenvalue weighted by molar-refractivity contribution is 7.13. The zero-order chi connectivity index (χ0) is 15.2. The first kappa shape index (κ1) is 15.5. The predicted octanol–water partition coefficient (Wildman–Crippen LogP) is 3.01. The molecule has 0 aliphatic heterocycles. The van der Waals surface area contributed by atoms with Gasteiger partial charge in [0.2, 0.25) is 0 Å². The van der Waals surface area contributed by atoms with E-state index in [1.807, 2.05) is 30.3 Å². The minimum Gasteiger partial charge on any atom is -0.477 e. The number of benzene rings is 1. The zero-order valence-corrected chi connectivity index (χ0v) is 12.9. The Morgan fingerprint density at radius 1 is 1.38 bits per heavy atom. The number of carboxylic acids is 1. The number of carbonyl (C=O) groups is 1. The first-order valence-electron chi connectivity index (χ1n) is 6.66. The number of aromatic carboxylic acids is 1. The maximum atomic E-state index is 11.2. The predicted molar refractivity (Wildman–Crippen MR) is 83.0 cm³/mol. The van der Waals surface area contributed by atoms with E-state index in [9.17, 15) is 9.90 Å². The number of thiazole rings is 1. The fourth-order valence-electron chi connectivity index (χ4n) is 2.06. The van der Waals surface area contributed by atoms with Crippen molar-refractivity contribution in [1.82, 2.24) is 4.98 Å². The molecular weight excluding hydrogens is 288 g/mol. The van der Waals surface area contributed by atoms with Crippen LogP contribution in [0.5, 0.6) is 0 Å². The lowest BCUT2D eigenvalue weighted by atomic mass is 10.3. The smallest absolute Gasteiger partial charge is 0.347 e. The van der Waals surface area contributed by atoms with Crippen LogP contribution in [0, 0.1) is 0 Å². The SMILES string of the molecule is CCN(Cc1nc(COC)c(C(=O)O)s1)c1ccccc1. The molecular formula is C15H18N2O3S. The van der Waals surface area contributed by atoms with Gasteiger partial charge in [-0.3, -0.25) is 0 Å².